The molecule has 3 aromatic rings. The minimum absolute atomic E-state index is 0. The van der Waals surface area contributed by atoms with Crippen molar-refractivity contribution in [3.63, 3.8) is 0 Å². The molecule has 0 unspecified atom stereocenters. The van der Waals surface area contributed by atoms with Gasteiger partial charge in [0.25, 0.3) is 0 Å². The summed E-state index contributed by atoms with van der Waals surface area (Å²) in [5.74, 6) is 1.34. The van der Waals surface area contributed by atoms with E-state index in [4.69, 9.17) is 9.47 Å². The maximum absolute atomic E-state index is 12.9. The molecule has 0 fully saturated rings. The Labute approximate surface area is 175 Å². The summed E-state index contributed by atoms with van der Waals surface area (Å²) < 4.78 is 24.6. The predicted molar refractivity (Wildman–Crippen MR) is 115 cm³/mol. The average molecular weight is 422 g/mol. The van der Waals surface area contributed by atoms with Gasteiger partial charge in [-0.15, -0.1) is 23.7 Å². The Morgan fingerprint density at radius 3 is 2.46 bits per heavy atom. The van der Waals surface area contributed by atoms with Gasteiger partial charge in [-0.05, 0) is 66.7 Å². The Bertz CT molecular complexity index is 825. The fourth-order valence-corrected chi connectivity index (χ4v) is 3.33. The molecule has 0 saturated carbocycles. The molecule has 0 saturated heterocycles. The maximum atomic E-state index is 12.9. The zero-order valence-corrected chi connectivity index (χ0v) is 17.5. The Morgan fingerprint density at radius 1 is 0.964 bits per heavy atom. The Kier molecular flexibility index (Phi) is 9.28. The number of nitrogens with one attached hydrogen (secondary N) is 1. The first-order chi connectivity index (χ1) is 13.2. The number of halogens is 2. The van der Waals surface area contributed by atoms with Gasteiger partial charge in [-0.2, -0.15) is 0 Å². The molecule has 150 valence electrons. The lowest BCUT2D eigenvalue weighted by Gasteiger charge is -2.13. The summed E-state index contributed by atoms with van der Waals surface area (Å²) in [4.78, 5) is 1.18. The van der Waals surface area contributed by atoms with Crippen molar-refractivity contribution >= 4 is 23.7 Å². The lowest BCUT2D eigenvalue weighted by molar-refractivity contribution is 0.271. The van der Waals surface area contributed by atoms with Gasteiger partial charge in [0, 0.05) is 11.4 Å². The number of benzene rings is 2. The minimum Gasteiger partial charge on any atom is -0.490 e. The predicted octanol–water partition coefficient (Wildman–Crippen LogP) is 5.62. The van der Waals surface area contributed by atoms with Crippen LogP contribution in [-0.4, -0.2) is 13.2 Å². The Morgan fingerprint density at radius 2 is 1.75 bits per heavy atom. The van der Waals surface area contributed by atoms with E-state index in [1.807, 2.05) is 42.6 Å². The molecule has 28 heavy (non-hydrogen) atoms. The zero-order valence-electron chi connectivity index (χ0n) is 15.8. The fraction of sp³-hybridized carbons (Fsp3) is 0.273. The summed E-state index contributed by atoms with van der Waals surface area (Å²) in [6.45, 7) is 4.68. The van der Waals surface area contributed by atoms with Gasteiger partial charge in [-0.25, -0.2) is 4.39 Å². The van der Waals surface area contributed by atoms with E-state index in [9.17, 15) is 4.39 Å². The van der Waals surface area contributed by atoms with Crippen molar-refractivity contribution < 1.29 is 13.9 Å². The number of hydrogen-bond donors (Lipinski definition) is 1. The van der Waals surface area contributed by atoms with E-state index < -0.39 is 0 Å². The highest BCUT2D eigenvalue weighted by Gasteiger charge is 2.07. The van der Waals surface area contributed by atoms with E-state index in [1.165, 1.54) is 17.0 Å². The van der Waals surface area contributed by atoms with Crippen LogP contribution in [0.15, 0.2) is 60.0 Å². The van der Waals surface area contributed by atoms with Crippen LogP contribution >= 0.6 is 23.7 Å². The van der Waals surface area contributed by atoms with Gasteiger partial charge in [0.05, 0.1) is 6.61 Å². The third-order valence-corrected chi connectivity index (χ3v) is 4.94. The molecule has 2 aromatic carbocycles. The highest BCUT2D eigenvalue weighted by atomic mass is 35.5. The molecule has 0 radical (unpaired) electrons. The van der Waals surface area contributed by atoms with Gasteiger partial charge in [-0.1, -0.05) is 24.3 Å². The summed E-state index contributed by atoms with van der Waals surface area (Å²) in [7, 11) is 0. The maximum Gasteiger partial charge on any atom is 0.161 e. The van der Waals surface area contributed by atoms with E-state index in [0.717, 1.165) is 42.1 Å². The van der Waals surface area contributed by atoms with Crippen molar-refractivity contribution in [2.75, 3.05) is 13.2 Å². The molecule has 1 aromatic heterocycles. The summed E-state index contributed by atoms with van der Waals surface area (Å²) >= 11 is 1.68. The van der Waals surface area contributed by atoms with Gasteiger partial charge in [0.15, 0.2) is 11.5 Å². The van der Waals surface area contributed by atoms with Gasteiger partial charge in [0.2, 0.25) is 0 Å². The van der Waals surface area contributed by atoms with Crippen LogP contribution in [0.4, 0.5) is 4.39 Å². The number of thiophene rings is 1. The van der Waals surface area contributed by atoms with E-state index >= 15 is 0 Å². The van der Waals surface area contributed by atoms with Crippen molar-refractivity contribution in [2.24, 2.45) is 0 Å². The Hall–Kier alpha value is -2.08. The molecule has 0 amide bonds. The smallest absolute Gasteiger partial charge is 0.161 e. The molecule has 0 aliphatic heterocycles. The number of ether oxygens (including phenoxy) is 2. The molecule has 0 aliphatic carbocycles. The van der Waals surface area contributed by atoms with Crippen LogP contribution in [0.25, 0.3) is 0 Å². The molecule has 1 N–H and O–H groups in total. The van der Waals surface area contributed by atoms with Gasteiger partial charge in [0.1, 0.15) is 12.4 Å². The lowest BCUT2D eigenvalue weighted by Crippen LogP contribution is -2.16. The molecule has 1 heterocycles. The first-order valence-electron chi connectivity index (χ1n) is 9.10. The second-order valence-electron chi connectivity index (χ2n) is 6.14. The minimum atomic E-state index is -0.198. The molecule has 3 nitrogen and oxygen atoms in total. The van der Waals surface area contributed by atoms with E-state index in [0.29, 0.717) is 13.2 Å². The third kappa shape index (κ3) is 6.82. The SMILES string of the molecule is CCOc1cc(CNCCc2ccc(F)cc2)ccc1OCc1cccs1.Cl. The molecule has 0 aliphatic rings. The van der Waals surface area contributed by atoms with Gasteiger partial charge in [-0.3, -0.25) is 0 Å². The zero-order chi connectivity index (χ0) is 18.9. The topological polar surface area (TPSA) is 30.5 Å². The van der Waals surface area contributed by atoms with Crippen LogP contribution in [0.2, 0.25) is 0 Å². The summed E-state index contributed by atoms with van der Waals surface area (Å²) in [6.07, 6.45) is 0.862. The highest BCUT2D eigenvalue weighted by Crippen LogP contribution is 2.29. The summed E-state index contributed by atoms with van der Waals surface area (Å²) in [6, 6.07) is 16.8. The summed E-state index contributed by atoms with van der Waals surface area (Å²) in [5, 5.41) is 5.46. The van der Waals surface area contributed by atoms with Crippen LogP contribution in [0, 0.1) is 5.82 Å². The van der Waals surface area contributed by atoms with Crippen molar-refractivity contribution in [2.45, 2.75) is 26.5 Å². The van der Waals surface area contributed by atoms with E-state index in [-0.39, 0.29) is 18.2 Å². The van der Waals surface area contributed by atoms with Crippen LogP contribution in [0.1, 0.15) is 22.9 Å². The standard InChI is InChI=1S/C22H24FNO2S.ClH/c1-2-25-22-14-18(7-10-21(22)26-16-20-4-3-13-27-20)15-24-12-11-17-5-8-19(23)9-6-17;/h3-10,13-14,24H,2,11-12,15-16H2,1H3;1H. The van der Waals surface area contributed by atoms with Crippen LogP contribution < -0.4 is 14.8 Å². The van der Waals surface area contributed by atoms with Crippen LogP contribution in [0.5, 0.6) is 11.5 Å². The third-order valence-electron chi connectivity index (χ3n) is 4.09. The molecule has 0 atom stereocenters. The number of rotatable bonds is 10. The quantitative estimate of drug-likeness (QED) is 0.431. The van der Waals surface area contributed by atoms with E-state index in [2.05, 4.69) is 17.4 Å². The lowest BCUT2D eigenvalue weighted by atomic mass is 10.1. The fourth-order valence-electron chi connectivity index (χ4n) is 2.71. The molecular formula is C22H25ClFNO2S. The van der Waals surface area contributed by atoms with Crippen molar-refractivity contribution in [1.82, 2.24) is 5.32 Å². The number of hydrogen-bond acceptors (Lipinski definition) is 4. The summed E-state index contributed by atoms with van der Waals surface area (Å²) in [5.41, 5.74) is 2.26. The average Bonchev–Trinajstić information content (AvgIpc) is 3.20. The monoisotopic (exact) mass is 421 g/mol. The molecule has 0 bridgehead atoms. The van der Waals surface area contributed by atoms with Crippen LogP contribution in [-0.2, 0) is 19.6 Å². The highest BCUT2D eigenvalue weighted by molar-refractivity contribution is 7.09. The van der Waals surface area contributed by atoms with Gasteiger partial charge < -0.3 is 14.8 Å². The van der Waals surface area contributed by atoms with Crippen LogP contribution in [0.3, 0.4) is 0 Å². The largest absolute Gasteiger partial charge is 0.490 e. The molecular weight excluding hydrogens is 397 g/mol. The molecule has 6 heteroatoms. The second kappa shape index (κ2) is 11.7. The van der Waals surface area contributed by atoms with Crippen molar-refractivity contribution in [3.05, 3.63) is 81.8 Å². The first-order valence-corrected chi connectivity index (χ1v) is 9.98. The normalized spacial score (nSPS) is 10.4. The van der Waals surface area contributed by atoms with Crippen molar-refractivity contribution in [3.8, 4) is 11.5 Å². The molecule has 3 rings (SSSR count). The Balaban J connectivity index is 0.00000280. The first kappa shape index (κ1) is 22.2. The second-order valence-corrected chi connectivity index (χ2v) is 7.17. The molecule has 0 spiro atoms. The van der Waals surface area contributed by atoms with E-state index in [1.54, 1.807) is 11.3 Å². The van der Waals surface area contributed by atoms with Gasteiger partial charge >= 0.3 is 0 Å². The van der Waals surface area contributed by atoms with Crippen molar-refractivity contribution in [1.29, 1.82) is 0 Å².